The van der Waals surface area contributed by atoms with E-state index >= 15 is 0 Å². The second-order valence-corrected chi connectivity index (χ2v) is 12.8. The number of aliphatic hydroxyl groups is 1. The van der Waals surface area contributed by atoms with Crippen LogP contribution in [0.25, 0.3) is 11.6 Å². The molecule has 2 aromatic heterocycles. The van der Waals surface area contributed by atoms with Crippen molar-refractivity contribution in [3.8, 4) is 17.3 Å². The van der Waals surface area contributed by atoms with Crippen LogP contribution in [0.15, 0.2) is 57.6 Å². The first-order chi connectivity index (χ1) is 22.6. The largest absolute Gasteiger partial charge is 0.469 e. The van der Waals surface area contributed by atoms with E-state index in [2.05, 4.69) is 20.9 Å². The number of hydrogen-bond donors (Lipinski definition) is 4. The summed E-state index contributed by atoms with van der Waals surface area (Å²) in [6.45, 7) is 7.54. The number of nitrogens with zero attached hydrogens (tertiary/aromatic N) is 2. The van der Waals surface area contributed by atoms with Gasteiger partial charge in [0.25, 0.3) is 6.47 Å². The molecule has 5 heterocycles. The Bertz CT molecular complexity index is 1860. The first-order valence-corrected chi connectivity index (χ1v) is 15.6. The number of fused-ring (bicyclic) bond motifs is 4. The first-order valence-electron chi connectivity index (χ1n) is 15.6. The molecule has 244 valence electrons. The minimum Gasteiger partial charge on any atom is -0.469 e. The lowest BCUT2D eigenvalue weighted by Gasteiger charge is -2.29. The summed E-state index contributed by atoms with van der Waals surface area (Å²) in [5.41, 5.74) is 2.86. The average molecular weight is 642 g/mol. The van der Waals surface area contributed by atoms with Crippen LogP contribution in [0, 0.1) is 11.8 Å². The Morgan fingerprint density at radius 2 is 1.96 bits per heavy atom. The molecule has 2 amide bonds. The van der Waals surface area contributed by atoms with E-state index in [0.717, 1.165) is 22.4 Å². The van der Waals surface area contributed by atoms with Crippen LogP contribution in [-0.4, -0.2) is 51.7 Å². The molecular weight excluding hydrogens is 606 g/mol. The minimum atomic E-state index is -1.29. The maximum absolute atomic E-state index is 13.9. The fourth-order valence-corrected chi connectivity index (χ4v) is 6.61. The van der Waals surface area contributed by atoms with E-state index in [1.165, 1.54) is 6.26 Å². The maximum Gasteiger partial charge on any atom is 0.293 e. The highest BCUT2D eigenvalue weighted by Gasteiger charge is 2.61. The number of ether oxygens (including phenoxy) is 2. The van der Waals surface area contributed by atoms with Gasteiger partial charge >= 0.3 is 0 Å². The summed E-state index contributed by atoms with van der Waals surface area (Å²) < 4.78 is 24.1. The second-order valence-electron chi connectivity index (χ2n) is 12.8. The molecule has 0 radical (unpaired) electrons. The second kappa shape index (κ2) is 11.6. The zero-order valence-electron chi connectivity index (χ0n) is 26.3. The number of carbonyl (C=O) groups excluding carboxylic acids is 3. The number of anilines is 1. The average Bonchev–Trinajstić information content (AvgIpc) is 3.82. The third-order valence-corrected chi connectivity index (χ3v) is 9.00. The molecule has 0 saturated heterocycles. The van der Waals surface area contributed by atoms with E-state index in [9.17, 15) is 19.5 Å². The molecule has 4 N–H and O–H groups in total. The fourth-order valence-electron chi connectivity index (χ4n) is 6.61. The quantitative estimate of drug-likeness (QED) is 0.207. The van der Waals surface area contributed by atoms with E-state index in [0.29, 0.717) is 29.4 Å². The number of oxazole rings is 2. The van der Waals surface area contributed by atoms with Crippen molar-refractivity contribution in [2.24, 2.45) is 11.8 Å². The van der Waals surface area contributed by atoms with Crippen molar-refractivity contribution in [2.75, 3.05) is 5.32 Å². The van der Waals surface area contributed by atoms with Crippen molar-refractivity contribution in [1.29, 1.82) is 0 Å². The lowest BCUT2D eigenvalue weighted by Crippen LogP contribution is -2.52. The van der Waals surface area contributed by atoms with Crippen molar-refractivity contribution in [1.82, 2.24) is 20.6 Å². The Morgan fingerprint density at radius 1 is 1.15 bits per heavy atom. The number of carbonyl (C=O) groups is 3. The van der Waals surface area contributed by atoms with Crippen LogP contribution < -0.4 is 20.7 Å². The van der Waals surface area contributed by atoms with Gasteiger partial charge in [0.1, 0.15) is 47.9 Å². The van der Waals surface area contributed by atoms with Gasteiger partial charge in [-0.2, -0.15) is 0 Å². The lowest BCUT2D eigenvalue weighted by molar-refractivity contribution is -0.136. The van der Waals surface area contributed by atoms with Crippen LogP contribution in [0.1, 0.15) is 67.8 Å². The molecule has 5 atom stereocenters. The minimum absolute atomic E-state index is 0.0935. The van der Waals surface area contributed by atoms with Crippen molar-refractivity contribution < 1.29 is 37.8 Å². The highest BCUT2D eigenvalue weighted by atomic mass is 16.5. The molecule has 2 aromatic carbocycles. The molecular formula is C34H35N5O8. The first kappa shape index (κ1) is 30.5. The smallest absolute Gasteiger partial charge is 0.293 e. The Labute approximate surface area is 270 Å². The van der Waals surface area contributed by atoms with Crippen LogP contribution >= 0.6 is 0 Å². The van der Waals surface area contributed by atoms with Crippen molar-refractivity contribution in [3.63, 3.8) is 0 Å². The van der Waals surface area contributed by atoms with Gasteiger partial charge in [-0.25, -0.2) is 9.97 Å². The lowest BCUT2D eigenvalue weighted by atomic mass is 9.72. The molecule has 4 aromatic rings. The van der Waals surface area contributed by atoms with Gasteiger partial charge in [0.05, 0.1) is 0 Å². The number of aliphatic hydroxyl groups excluding tert-OH is 1. The predicted octanol–water partition coefficient (Wildman–Crippen LogP) is 3.35. The van der Waals surface area contributed by atoms with Gasteiger partial charge in [-0.1, -0.05) is 58.0 Å². The molecule has 3 aliphatic rings. The monoisotopic (exact) mass is 641 g/mol. The highest BCUT2D eigenvalue weighted by molar-refractivity contribution is 5.90. The standard InChI is InChI=1S/C34H35N5O8/c1-16(2)25-32-39-26(31-35-19(14-45-31)13-44-15-40)28(47-32)34-20-7-5-6-8-22(20)37-33(34)46-24-10-9-18(11-21(24)34)12-23(29(42)38-25)36-30(43)27(41)17(3)4/h5-11,14-17,23,25,27,33,37,41H,12-13H2,1-4H3,(H,36,43)(H,38,42)/t23-,25-,27-,33+,34?/m0/s1. The van der Waals surface area contributed by atoms with E-state index in [4.69, 9.17) is 23.3 Å². The van der Waals surface area contributed by atoms with Crippen LogP contribution in [0.4, 0.5) is 5.69 Å². The van der Waals surface area contributed by atoms with Crippen molar-refractivity contribution in [3.05, 3.63) is 82.8 Å². The Hall–Kier alpha value is -5.17. The summed E-state index contributed by atoms with van der Waals surface area (Å²) >= 11 is 0. The third kappa shape index (κ3) is 4.92. The molecule has 0 fully saturated rings. The molecule has 13 heteroatoms. The van der Waals surface area contributed by atoms with Gasteiger partial charge in [-0.3, -0.25) is 14.4 Å². The summed E-state index contributed by atoms with van der Waals surface area (Å²) in [6.07, 6.45) is -0.388. The number of hydrogen-bond acceptors (Lipinski definition) is 11. The molecule has 3 aliphatic heterocycles. The van der Waals surface area contributed by atoms with Gasteiger partial charge in [-0.05, 0) is 35.1 Å². The number of amides is 2. The summed E-state index contributed by atoms with van der Waals surface area (Å²) in [7, 11) is 0. The van der Waals surface area contributed by atoms with Crippen LogP contribution in [0.3, 0.4) is 0 Å². The summed E-state index contributed by atoms with van der Waals surface area (Å²) in [4.78, 5) is 47.3. The molecule has 13 nitrogen and oxygen atoms in total. The van der Waals surface area contributed by atoms with Gasteiger partial charge < -0.3 is 39.4 Å². The molecule has 0 saturated carbocycles. The topological polar surface area (TPSA) is 178 Å². The van der Waals surface area contributed by atoms with E-state index < -0.39 is 41.6 Å². The van der Waals surface area contributed by atoms with Gasteiger partial charge in [-0.15, -0.1) is 0 Å². The predicted molar refractivity (Wildman–Crippen MR) is 166 cm³/mol. The SMILES string of the molecule is CC(C)[C@H](O)C(=O)N[C@H]1Cc2ccc3c(c2)C2(c4ccccc4N[C@@H]2O3)c2oc(nc2-c2nc(COC=O)co2)[C@H](C(C)C)NC1=O. The molecule has 0 aliphatic carbocycles. The highest BCUT2D eigenvalue weighted by Crippen LogP contribution is 2.59. The van der Waals surface area contributed by atoms with Gasteiger partial charge in [0.15, 0.2) is 17.7 Å². The van der Waals surface area contributed by atoms with Crippen LogP contribution in [0.5, 0.6) is 5.75 Å². The number of para-hydroxylation sites is 1. The normalized spacial score (nSPS) is 23.0. The Kier molecular flexibility index (Phi) is 7.50. The molecule has 7 rings (SSSR count). The summed E-state index contributed by atoms with van der Waals surface area (Å²) in [5.74, 6) is -0.290. The van der Waals surface area contributed by atoms with E-state index in [-0.39, 0.29) is 36.6 Å². The molecule has 1 spiro atoms. The van der Waals surface area contributed by atoms with Crippen molar-refractivity contribution >= 4 is 24.0 Å². The maximum atomic E-state index is 13.9. The van der Waals surface area contributed by atoms with E-state index in [1.54, 1.807) is 13.8 Å². The van der Waals surface area contributed by atoms with E-state index in [1.807, 2.05) is 56.3 Å². The van der Waals surface area contributed by atoms with Crippen LogP contribution in [-0.2, 0) is 37.6 Å². The number of rotatable bonds is 8. The Morgan fingerprint density at radius 3 is 2.72 bits per heavy atom. The fraction of sp³-hybridized carbons (Fsp3) is 0.382. The summed E-state index contributed by atoms with van der Waals surface area (Å²) in [5, 5.41) is 19.8. The molecule has 4 bridgehead atoms. The molecule has 47 heavy (non-hydrogen) atoms. The third-order valence-electron chi connectivity index (χ3n) is 9.00. The summed E-state index contributed by atoms with van der Waals surface area (Å²) in [6, 6.07) is 11.7. The zero-order chi connectivity index (χ0) is 33.0. The zero-order valence-corrected chi connectivity index (χ0v) is 26.3. The Balaban J connectivity index is 1.46. The molecule has 1 unspecified atom stereocenters. The van der Waals surface area contributed by atoms with Crippen molar-refractivity contribution in [2.45, 2.75) is 70.6 Å². The van der Waals surface area contributed by atoms with Gasteiger partial charge in [0, 0.05) is 17.7 Å². The number of benzene rings is 2. The number of nitrogens with one attached hydrogen (secondary N) is 3. The van der Waals surface area contributed by atoms with Crippen LogP contribution in [0.2, 0.25) is 0 Å². The number of aromatic nitrogens is 2. The van der Waals surface area contributed by atoms with Gasteiger partial charge in [0.2, 0.25) is 23.6 Å².